The lowest BCUT2D eigenvalue weighted by Crippen LogP contribution is -2.10. The number of nitrogens with zero attached hydrogens (tertiary/aromatic N) is 2. The van der Waals surface area contributed by atoms with Crippen LogP contribution in [0.1, 0.15) is 26.5 Å². The maximum Gasteiger partial charge on any atom is 0.258 e. The molecule has 0 fully saturated rings. The first kappa shape index (κ1) is 27.0. The molecule has 0 spiro atoms. The fraction of sp³-hybridized carbons (Fsp3) is 0.304. The number of hydrogen-bond donors (Lipinski definition) is 3. The van der Waals surface area contributed by atoms with Gasteiger partial charge in [-0.15, -0.1) is 0 Å². The van der Waals surface area contributed by atoms with E-state index >= 15 is 0 Å². The van der Waals surface area contributed by atoms with Gasteiger partial charge < -0.3 is 29.3 Å². The molecule has 3 N–H and O–H groups in total. The number of hydrogen-bond acceptors (Lipinski definition) is 8. The molecular weight excluding hydrogens is 428 g/mol. The van der Waals surface area contributed by atoms with Crippen molar-refractivity contribution >= 4 is 21.8 Å². The van der Waals surface area contributed by atoms with E-state index in [2.05, 4.69) is 19.9 Å². The molecule has 4 rings (SSSR count). The molecule has 2 aromatic carbocycles. The predicted octanol–water partition coefficient (Wildman–Crippen LogP) is 3.47. The molecule has 0 atom stereocenters. The topological polar surface area (TPSA) is 139 Å². The Kier molecular flexibility index (Phi) is 8.97. The van der Waals surface area contributed by atoms with E-state index in [9.17, 15) is 14.7 Å². The zero-order chi connectivity index (χ0) is 22.7. The number of nitrogens with one attached hydrogen (secondary N) is 2. The standard InChI is InChI=1S/C11H12N2O3.C10H10N2O3.2CH4/c1-6-12-8-5-10(16-3)9(15-2)4-7(8)11(14)13-6;1-5-11-7-4-9(15-2)8(13)3-6(7)10(14)12-5;;/h4-5H,1-3H3,(H,12,13,14);3-4,13H,1-2H3,(H,11,12,14);2*1H4. The minimum atomic E-state index is -0.268. The third-order valence-electron chi connectivity index (χ3n) is 4.45. The summed E-state index contributed by atoms with van der Waals surface area (Å²) < 4.78 is 15.2. The molecule has 33 heavy (non-hydrogen) atoms. The van der Waals surface area contributed by atoms with Gasteiger partial charge in [0.25, 0.3) is 11.1 Å². The van der Waals surface area contributed by atoms with E-state index < -0.39 is 0 Å². The summed E-state index contributed by atoms with van der Waals surface area (Å²) in [5.41, 5.74) is 0.656. The second-order valence-electron chi connectivity index (χ2n) is 6.57. The first-order valence-corrected chi connectivity index (χ1v) is 9.17. The van der Waals surface area contributed by atoms with Crippen molar-refractivity contribution in [2.24, 2.45) is 0 Å². The van der Waals surface area contributed by atoms with Crippen LogP contribution in [0.5, 0.6) is 23.0 Å². The zero-order valence-electron chi connectivity index (χ0n) is 17.7. The van der Waals surface area contributed by atoms with Gasteiger partial charge in [0.05, 0.1) is 43.1 Å². The van der Waals surface area contributed by atoms with Crippen LogP contribution in [0.4, 0.5) is 0 Å². The predicted molar refractivity (Wildman–Crippen MR) is 129 cm³/mol. The van der Waals surface area contributed by atoms with Gasteiger partial charge in [0.15, 0.2) is 23.0 Å². The van der Waals surface area contributed by atoms with Crippen molar-refractivity contribution in [3.63, 3.8) is 0 Å². The lowest BCUT2D eigenvalue weighted by molar-refractivity contribution is 0.355. The molecule has 0 saturated carbocycles. The van der Waals surface area contributed by atoms with Gasteiger partial charge in [0, 0.05) is 12.1 Å². The maximum atomic E-state index is 11.7. The number of phenols is 1. The van der Waals surface area contributed by atoms with E-state index in [0.717, 1.165) is 0 Å². The lowest BCUT2D eigenvalue weighted by Gasteiger charge is -2.08. The molecule has 0 radical (unpaired) electrons. The number of methoxy groups -OCH3 is 3. The smallest absolute Gasteiger partial charge is 0.258 e. The van der Waals surface area contributed by atoms with Crippen molar-refractivity contribution in [1.82, 2.24) is 19.9 Å². The molecule has 10 heteroatoms. The highest BCUT2D eigenvalue weighted by Crippen LogP contribution is 2.30. The summed E-state index contributed by atoms with van der Waals surface area (Å²) in [7, 11) is 4.52. The van der Waals surface area contributed by atoms with Crippen LogP contribution in [0, 0.1) is 13.8 Å². The summed E-state index contributed by atoms with van der Waals surface area (Å²) in [6.45, 7) is 3.43. The number of aromatic amines is 2. The molecule has 0 aliphatic rings. The van der Waals surface area contributed by atoms with Crippen LogP contribution in [0.2, 0.25) is 0 Å². The molecule has 2 heterocycles. The molecule has 0 aliphatic heterocycles. The van der Waals surface area contributed by atoms with E-state index in [-0.39, 0.29) is 31.7 Å². The number of rotatable bonds is 3. The third kappa shape index (κ3) is 5.59. The second-order valence-corrected chi connectivity index (χ2v) is 6.57. The van der Waals surface area contributed by atoms with Crippen molar-refractivity contribution < 1.29 is 19.3 Å². The lowest BCUT2D eigenvalue weighted by atomic mass is 10.2. The molecule has 0 aliphatic carbocycles. The fourth-order valence-corrected chi connectivity index (χ4v) is 3.02. The number of ether oxygens (including phenoxy) is 3. The van der Waals surface area contributed by atoms with Gasteiger partial charge >= 0.3 is 0 Å². The Hall–Kier alpha value is -4.08. The van der Waals surface area contributed by atoms with Crippen molar-refractivity contribution in [1.29, 1.82) is 0 Å². The molecule has 0 bridgehead atoms. The summed E-state index contributed by atoms with van der Waals surface area (Å²) in [5.74, 6) is 2.42. The molecular formula is C23H30N4O6. The average Bonchev–Trinajstić information content (AvgIpc) is 2.73. The Morgan fingerprint density at radius 1 is 0.697 bits per heavy atom. The van der Waals surface area contributed by atoms with Gasteiger partial charge in [-0.1, -0.05) is 14.9 Å². The number of fused-ring (bicyclic) bond motifs is 2. The molecule has 0 saturated heterocycles. The van der Waals surface area contributed by atoms with E-state index in [1.807, 2.05) is 0 Å². The van der Waals surface area contributed by atoms with Gasteiger partial charge in [-0.25, -0.2) is 9.97 Å². The normalized spacial score (nSPS) is 9.85. The van der Waals surface area contributed by atoms with Gasteiger partial charge in [-0.05, 0) is 26.0 Å². The van der Waals surface area contributed by atoms with Crippen molar-refractivity contribution in [2.75, 3.05) is 21.3 Å². The molecule has 178 valence electrons. The van der Waals surface area contributed by atoms with Crippen LogP contribution in [-0.2, 0) is 0 Å². The number of aromatic hydroxyl groups is 1. The quantitative estimate of drug-likeness (QED) is 0.424. The van der Waals surface area contributed by atoms with Gasteiger partial charge in [-0.2, -0.15) is 0 Å². The number of benzene rings is 2. The molecule has 4 aromatic rings. The average molecular weight is 459 g/mol. The Morgan fingerprint density at radius 2 is 1.09 bits per heavy atom. The molecule has 0 unspecified atom stereocenters. The van der Waals surface area contributed by atoms with Crippen molar-refractivity contribution in [3.8, 4) is 23.0 Å². The largest absolute Gasteiger partial charge is 0.504 e. The number of H-pyrrole nitrogens is 2. The van der Waals surface area contributed by atoms with Crippen molar-refractivity contribution in [3.05, 3.63) is 56.6 Å². The van der Waals surface area contributed by atoms with Crippen LogP contribution in [0.15, 0.2) is 33.9 Å². The Morgan fingerprint density at radius 3 is 1.55 bits per heavy atom. The van der Waals surface area contributed by atoms with Gasteiger partial charge in [0.2, 0.25) is 0 Å². The first-order chi connectivity index (χ1) is 14.8. The van der Waals surface area contributed by atoms with Gasteiger partial charge in [-0.3, -0.25) is 9.59 Å². The van der Waals surface area contributed by atoms with Gasteiger partial charge in [0.1, 0.15) is 11.6 Å². The Bertz CT molecular complexity index is 1380. The molecule has 10 nitrogen and oxygen atoms in total. The van der Waals surface area contributed by atoms with Crippen LogP contribution >= 0.6 is 0 Å². The number of aryl methyl sites for hydroxylation is 2. The highest BCUT2D eigenvalue weighted by atomic mass is 16.5. The van der Waals surface area contributed by atoms with Crippen LogP contribution in [0.25, 0.3) is 21.8 Å². The fourth-order valence-electron chi connectivity index (χ4n) is 3.02. The monoisotopic (exact) mass is 458 g/mol. The summed E-state index contributed by atoms with van der Waals surface area (Å²) >= 11 is 0. The molecule has 2 aromatic heterocycles. The minimum Gasteiger partial charge on any atom is -0.504 e. The van der Waals surface area contributed by atoms with Crippen LogP contribution < -0.4 is 25.3 Å². The van der Waals surface area contributed by atoms with E-state index in [1.165, 1.54) is 26.4 Å². The minimum absolute atomic E-state index is 0. The number of aromatic nitrogens is 4. The highest BCUT2D eigenvalue weighted by Gasteiger charge is 2.10. The summed E-state index contributed by atoms with van der Waals surface area (Å²) in [6.07, 6.45) is 0. The van der Waals surface area contributed by atoms with E-state index in [1.54, 1.807) is 33.1 Å². The summed E-state index contributed by atoms with van der Waals surface area (Å²) in [4.78, 5) is 36.7. The van der Waals surface area contributed by atoms with Crippen molar-refractivity contribution in [2.45, 2.75) is 28.7 Å². The molecule has 0 amide bonds. The maximum absolute atomic E-state index is 11.7. The third-order valence-corrected chi connectivity index (χ3v) is 4.45. The Balaban J connectivity index is 0.000000312. The Labute approximate surface area is 191 Å². The number of phenolic OH excluding ortho intramolecular Hbond substituents is 1. The van der Waals surface area contributed by atoms with Crippen LogP contribution in [-0.4, -0.2) is 46.4 Å². The summed E-state index contributed by atoms with van der Waals surface area (Å²) in [6, 6.07) is 6.20. The highest BCUT2D eigenvalue weighted by molar-refractivity contribution is 5.82. The zero-order valence-corrected chi connectivity index (χ0v) is 17.7. The second kappa shape index (κ2) is 11.0. The van der Waals surface area contributed by atoms with E-state index in [0.29, 0.717) is 50.7 Å². The van der Waals surface area contributed by atoms with Crippen LogP contribution in [0.3, 0.4) is 0 Å². The summed E-state index contributed by atoms with van der Waals surface area (Å²) in [5, 5.41) is 10.3. The first-order valence-electron chi connectivity index (χ1n) is 9.17. The SMILES string of the molecule is C.C.COc1cc2nc(C)[nH]c(=O)c2cc1O.COc1cc2nc(C)[nH]c(=O)c2cc1OC. The van der Waals surface area contributed by atoms with E-state index in [4.69, 9.17) is 14.2 Å².